The first-order valence-electron chi connectivity index (χ1n) is 10.7. The fourth-order valence-corrected chi connectivity index (χ4v) is 3.82. The zero-order valence-corrected chi connectivity index (χ0v) is 20.0. The molecule has 0 saturated heterocycles. The van der Waals surface area contributed by atoms with Gasteiger partial charge in [0.2, 0.25) is 0 Å². The van der Waals surface area contributed by atoms with Crippen LogP contribution < -0.4 is 4.74 Å². The van der Waals surface area contributed by atoms with Crippen molar-refractivity contribution in [1.29, 1.82) is 0 Å². The van der Waals surface area contributed by atoms with E-state index in [-0.39, 0.29) is 6.61 Å². The molecule has 2 aromatic carbocycles. The number of carbonyl (C=O) groups excluding carboxylic acids is 1. The minimum atomic E-state index is -0.586. The Hall–Kier alpha value is -2.64. The summed E-state index contributed by atoms with van der Waals surface area (Å²) in [7, 11) is 0. The molecule has 172 valence electrons. The third kappa shape index (κ3) is 5.58. The van der Waals surface area contributed by atoms with Gasteiger partial charge < -0.3 is 14.6 Å². The van der Waals surface area contributed by atoms with Gasteiger partial charge in [0.05, 0.1) is 29.3 Å². The highest BCUT2D eigenvalue weighted by atomic mass is 35.5. The van der Waals surface area contributed by atoms with E-state index >= 15 is 0 Å². The number of benzene rings is 2. The smallest absolute Gasteiger partial charge is 0.340 e. The molecular formula is C24H30ClN3O4. The summed E-state index contributed by atoms with van der Waals surface area (Å²) in [6, 6.07) is 7.31. The average Bonchev–Trinajstić information content (AvgIpc) is 3.10. The number of hydrogen-bond acceptors (Lipinski definition) is 6. The molecule has 0 fully saturated rings. The fourth-order valence-electron chi connectivity index (χ4n) is 3.48. The number of esters is 1. The first-order valence-corrected chi connectivity index (χ1v) is 11.1. The number of hydrogen-bond donors (Lipinski definition) is 1. The minimum absolute atomic E-state index is 0.00574. The van der Waals surface area contributed by atoms with Crippen LogP contribution in [0.25, 0.3) is 11.0 Å². The average molecular weight is 460 g/mol. The van der Waals surface area contributed by atoms with Crippen molar-refractivity contribution in [3.63, 3.8) is 0 Å². The number of halogens is 1. The van der Waals surface area contributed by atoms with Gasteiger partial charge in [0.1, 0.15) is 16.9 Å². The van der Waals surface area contributed by atoms with E-state index in [0.29, 0.717) is 28.5 Å². The number of carbonyl (C=O) groups is 1. The Morgan fingerprint density at radius 3 is 2.59 bits per heavy atom. The van der Waals surface area contributed by atoms with Crippen molar-refractivity contribution in [2.24, 2.45) is 0 Å². The topological polar surface area (TPSA) is 86.5 Å². The van der Waals surface area contributed by atoms with Crippen molar-refractivity contribution in [3.8, 4) is 5.75 Å². The summed E-state index contributed by atoms with van der Waals surface area (Å²) in [5.74, 6) is 0.186. The second kappa shape index (κ2) is 9.88. The predicted octanol–water partition coefficient (Wildman–Crippen LogP) is 5.01. The second-order valence-corrected chi connectivity index (χ2v) is 9.25. The van der Waals surface area contributed by atoms with Gasteiger partial charge in [-0.2, -0.15) is 0 Å². The highest BCUT2D eigenvalue weighted by molar-refractivity contribution is 6.34. The lowest BCUT2D eigenvalue weighted by molar-refractivity contribution is 0.00689. The SMILES string of the molecule is Cc1cc(OCCCCn2nnc3c(C)c(CO)ccc32)cc(Cl)c1C(=O)OC(C)(C)C. The van der Waals surface area contributed by atoms with E-state index in [1.54, 1.807) is 12.1 Å². The van der Waals surface area contributed by atoms with Crippen LogP contribution in [0, 0.1) is 13.8 Å². The molecule has 0 aliphatic carbocycles. The quantitative estimate of drug-likeness (QED) is 0.376. The van der Waals surface area contributed by atoms with Crippen molar-refractivity contribution < 1.29 is 19.4 Å². The molecule has 0 radical (unpaired) electrons. The van der Waals surface area contributed by atoms with Crippen molar-refractivity contribution in [2.45, 2.75) is 66.2 Å². The van der Waals surface area contributed by atoms with Gasteiger partial charge in [-0.15, -0.1) is 5.10 Å². The predicted molar refractivity (Wildman–Crippen MR) is 124 cm³/mol. The number of fused-ring (bicyclic) bond motifs is 1. The number of unbranched alkanes of at least 4 members (excludes halogenated alkanes) is 1. The summed E-state index contributed by atoms with van der Waals surface area (Å²) in [5, 5.41) is 18.2. The Labute approximate surface area is 193 Å². The molecule has 0 aliphatic heterocycles. The number of aryl methyl sites for hydroxylation is 3. The maximum atomic E-state index is 12.4. The van der Waals surface area contributed by atoms with Gasteiger partial charge in [-0.05, 0) is 82.3 Å². The molecule has 0 unspecified atom stereocenters. The van der Waals surface area contributed by atoms with Crippen LogP contribution in [-0.2, 0) is 17.9 Å². The first kappa shape index (κ1) is 24.0. The molecule has 0 atom stereocenters. The number of nitrogens with zero attached hydrogens (tertiary/aromatic N) is 3. The Bertz CT molecular complexity index is 1100. The number of aliphatic hydroxyl groups excluding tert-OH is 1. The number of rotatable bonds is 8. The van der Waals surface area contributed by atoms with Crippen molar-refractivity contribution in [3.05, 3.63) is 51.5 Å². The van der Waals surface area contributed by atoms with Gasteiger partial charge in [-0.25, -0.2) is 9.48 Å². The van der Waals surface area contributed by atoms with Gasteiger partial charge in [-0.3, -0.25) is 0 Å². The van der Waals surface area contributed by atoms with Gasteiger partial charge >= 0.3 is 5.97 Å². The molecule has 8 heteroatoms. The lowest BCUT2D eigenvalue weighted by Crippen LogP contribution is -2.24. The zero-order chi connectivity index (χ0) is 23.5. The summed E-state index contributed by atoms with van der Waals surface area (Å²) in [6.45, 7) is 10.5. The molecule has 0 amide bonds. The Kier molecular flexibility index (Phi) is 7.41. The standard InChI is InChI=1S/C24H30ClN3O4/c1-15-12-18(13-19(25)21(15)23(30)32-24(3,4)5)31-11-7-6-10-28-20-9-8-17(14-29)16(2)22(20)26-27-28/h8-9,12-13,29H,6-7,10-11,14H2,1-5H3. The van der Waals surface area contributed by atoms with E-state index in [1.807, 2.05) is 51.4 Å². The van der Waals surface area contributed by atoms with Crippen LogP contribution in [0.2, 0.25) is 5.02 Å². The molecule has 3 aromatic rings. The summed E-state index contributed by atoms with van der Waals surface area (Å²) in [6.07, 6.45) is 1.68. The molecule has 1 heterocycles. The van der Waals surface area contributed by atoms with Crippen LogP contribution >= 0.6 is 11.6 Å². The van der Waals surface area contributed by atoms with Crippen LogP contribution in [0.15, 0.2) is 24.3 Å². The number of aliphatic hydroxyl groups is 1. The molecule has 1 aromatic heterocycles. The summed E-state index contributed by atoms with van der Waals surface area (Å²) in [4.78, 5) is 12.4. The first-order chi connectivity index (χ1) is 15.1. The van der Waals surface area contributed by atoms with E-state index in [2.05, 4.69) is 10.3 Å². The third-order valence-corrected chi connectivity index (χ3v) is 5.42. The normalized spacial score (nSPS) is 11.7. The number of aromatic nitrogens is 3. The minimum Gasteiger partial charge on any atom is -0.494 e. The van der Waals surface area contributed by atoms with Crippen LogP contribution in [0.5, 0.6) is 5.75 Å². The van der Waals surface area contributed by atoms with Crippen LogP contribution in [0.4, 0.5) is 0 Å². The molecule has 0 aliphatic rings. The Balaban J connectivity index is 1.55. The maximum Gasteiger partial charge on any atom is 0.340 e. The summed E-state index contributed by atoms with van der Waals surface area (Å²) >= 11 is 6.34. The lowest BCUT2D eigenvalue weighted by Gasteiger charge is -2.21. The van der Waals surface area contributed by atoms with Gasteiger partial charge in [-0.1, -0.05) is 22.9 Å². The fraction of sp³-hybridized carbons (Fsp3) is 0.458. The highest BCUT2D eigenvalue weighted by Crippen LogP contribution is 2.28. The van der Waals surface area contributed by atoms with Crippen molar-refractivity contribution in [1.82, 2.24) is 15.0 Å². The van der Waals surface area contributed by atoms with Crippen molar-refractivity contribution in [2.75, 3.05) is 6.61 Å². The van der Waals surface area contributed by atoms with Gasteiger partial charge in [0, 0.05) is 6.54 Å². The monoisotopic (exact) mass is 459 g/mol. The molecule has 32 heavy (non-hydrogen) atoms. The van der Waals surface area contributed by atoms with Gasteiger partial charge in [0.15, 0.2) is 0 Å². The van der Waals surface area contributed by atoms with Crippen LogP contribution in [0.3, 0.4) is 0 Å². The Morgan fingerprint density at radius 1 is 1.19 bits per heavy atom. The van der Waals surface area contributed by atoms with E-state index in [9.17, 15) is 9.90 Å². The van der Waals surface area contributed by atoms with Crippen molar-refractivity contribution >= 4 is 28.6 Å². The third-order valence-electron chi connectivity index (χ3n) is 5.12. The number of ether oxygens (including phenoxy) is 2. The van der Waals surface area contributed by atoms with Crippen LogP contribution in [0.1, 0.15) is 60.7 Å². The Morgan fingerprint density at radius 2 is 1.94 bits per heavy atom. The maximum absolute atomic E-state index is 12.4. The molecule has 1 N–H and O–H groups in total. The second-order valence-electron chi connectivity index (χ2n) is 8.84. The molecule has 0 saturated carbocycles. The van der Waals surface area contributed by atoms with E-state index < -0.39 is 11.6 Å². The highest BCUT2D eigenvalue weighted by Gasteiger charge is 2.22. The zero-order valence-electron chi connectivity index (χ0n) is 19.2. The van der Waals surface area contributed by atoms with Crippen LogP contribution in [-0.4, -0.2) is 38.3 Å². The lowest BCUT2D eigenvalue weighted by atomic mass is 10.1. The van der Waals surface area contributed by atoms with E-state index in [1.165, 1.54) is 0 Å². The largest absolute Gasteiger partial charge is 0.494 e. The van der Waals surface area contributed by atoms with E-state index in [0.717, 1.165) is 41.5 Å². The molecule has 0 spiro atoms. The molecule has 3 rings (SSSR count). The van der Waals surface area contributed by atoms with E-state index in [4.69, 9.17) is 21.1 Å². The molecule has 0 bridgehead atoms. The van der Waals surface area contributed by atoms with Gasteiger partial charge in [0.25, 0.3) is 0 Å². The summed E-state index contributed by atoms with van der Waals surface area (Å²) < 4.78 is 13.2. The molecular weight excluding hydrogens is 430 g/mol. The summed E-state index contributed by atoms with van der Waals surface area (Å²) in [5.41, 5.74) is 4.10. The molecule has 7 nitrogen and oxygen atoms in total.